The van der Waals surface area contributed by atoms with Crippen molar-refractivity contribution in [1.82, 2.24) is 10.3 Å². The Kier molecular flexibility index (Phi) is 3.89. The highest BCUT2D eigenvalue weighted by atomic mass is 19.1. The molecule has 3 N–H and O–H groups in total. The van der Waals surface area contributed by atoms with E-state index in [9.17, 15) is 4.39 Å². The fraction of sp³-hybridized carbons (Fsp3) is 0.300. The van der Waals surface area contributed by atoms with Crippen LogP contribution in [0.2, 0.25) is 0 Å². The predicted molar refractivity (Wildman–Crippen MR) is 54.0 cm³/mol. The molecule has 0 spiro atoms. The van der Waals surface area contributed by atoms with Gasteiger partial charge in [0.25, 0.3) is 0 Å². The molecule has 0 fully saturated rings. The van der Waals surface area contributed by atoms with Crippen LogP contribution >= 0.6 is 0 Å². The summed E-state index contributed by atoms with van der Waals surface area (Å²) >= 11 is 0. The van der Waals surface area contributed by atoms with Crippen molar-refractivity contribution < 1.29 is 4.39 Å². The number of nitrogen functional groups attached to an aromatic ring is 1. The van der Waals surface area contributed by atoms with E-state index >= 15 is 0 Å². The van der Waals surface area contributed by atoms with E-state index in [1.54, 1.807) is 0 Å². The van der Waals surface area contributed by atoms with Gasteiger partial charge in [-0.1, -0.05) is 11.8 Å². The molecule has 0 aliphatic heterocycles. The number of aromatic nitrogens is 1. The third-order valence-corrected chi connectivity index (χ3v) is 1.60. The zero-order valence-corrected chi connectivity index (χ0v) is 7.97. The number of anilines is 1. The molecule has 74 valence electrons. The second-order valence-electron chi connectivity index (χ2n) is 2.76. The van der Waals surface area contributed by atoms with Gasteiger partial charge >= 0.3 is 0 Å². The molecular formula is C10H12FN3. The number of nitrogens with two attached hydrogens (primary N) is 1. The fourth-order valence-corrected chi connectivity index (χ4v) is 0.886. The first kappa shape index (κ1) is 10.5. The molecule has 1 heterocycles. The first-order valence-corrected chi connectivity index (χ1v) is 4.28. The second kappa shape index (κ2) is 5.20. The van der Waals surface area contributed by atoms with Crippen molar-refractivity contribution in [3.63, 3.8) is 0 Å². The average Bonchev–Trinajstić information content (AvgIpc) is 2.18. The monoisotopic (exact) mass is 193 g/mol. The van der Waals surface area contributed by atoms with Crippen molar-refractivity contribution in [1.29, 1.82) is 0 Å². The van der Waals surface area contributed by atoms with Crippen molar-refractivity contribution in [3.05, 3.63) is 23.8 Å². The first-order valence-electron chi connectivity index (χ1n) is 4.28. The molecule has 0 saturated heterocycles. The van der Waals surface area contributed by atoms with Crippen LogP contribution in [-0.2, 0) is 0 Å². The van der Waals surface area contributed by atoms with Gasteiger partial charge in [-0.15, -0.1) is 0 Å². The normalized spacial score (nSPS) is 9.29. The molecule has 0 aliphatic carbocycles. The van der Waals surface area contributed by atoms with Gasteiger partial charge in [-0.05, 0) is 13.1 Å². The lowest BCUT2D eigenvalue weighted by Gasteiger charge is -1.94. The van der Waals surface area contributed by atoms with Crippen LogP contribution in [0, 0.1) is 17.8 Å². The minimum atomic E-state index is -0.647. The Morgan fingerprint density at radius 3 is 3.07 bits per heavy atom. The maximum Gasteiger partial charge on any atom is 0.236 e. The number of hydrogen-bond donors (Lipinski definition) is 2. The lowest BCUT2D eigenvalue weighted by Crippen LogP contribution is -2.05. The van der Waals surface area contributed by atoms with Gasteiger partial charge in [-0.3, -0.25) is 0 Å². The first-order chi connectivity index (χ1) is 6.74. The highest BCUT2D eigenvalue weighted by Crippen LogP contribution is 2.07. The summed E-state index contributed by atoms with van der Waals surface area (Å²) in [6.07, 6.45) is 2.12. The van der Waals surface area contributed by atoms with E-state index in [4.69, 9.17) is 5.73 Å². The summed E-state index contributed by atoms with van der Waals surface area (Å²) in [5.74, 6) is 5.12. The van der Waals surface area contributed by atoms with Crippen molar-refractivity contribution >= 4 is 5.69 Å². The Morgan fingerprint density at radius 2 is 2.43 bits per heavy atom. The van der Waals surface area contributed by atoms with Crippen LogP contribution in [0.3, 0.4) is 0 Å². The van der Waals surface area contributed by atoms with Crippen molar-refractivity contribution in [2.75, 3.05) is 19.3 Å². The Labute approximate surface area is 82.5 Å². The minimum absolute atomic E-state index is 0.0328. The quantitative estimate of drug-likeness (QED) is 0.414. The Hall–Kier alpha value is -1.60. The molecule has 0 atom stereocenters. The molecule has 0 aliphatic rings. The van der Waals surface area contributed by atoms with Gasteiger partial charge in [0.15, 0.2) is 0 Å². The third kappa shape index (κ3) is 3.04. The fourth-order valence-electron chi connectivity index (χ4n) is 0.886. The molecule has 14 heavy (non-hydrogen) atoms. The molecule has 0 radical (unpaired) electrons. The molecule has 1 aromatic heterocycles. The van der Waals surface area contributed by atoms with E-state index in [2.05, 4.69) is 22.1 Å². The largest absolute Gasteiger partial charge is 0.395 e. The van der Waals surface area contributed by atoms with Gasteiger partial charge in [-0.25, -0.2) is 4.98 Å². The molecule has 0 unspecified atom stereocenters. The molecule has 0 bridgehead atoms. The standard InChI is InChI=1S/C10H12FN3/c1-13-5-3-2-4-8-6-9(12)10(11)14-7-8/h6-7,13H,3,5,12H2,1H3. The van der Waals surface area contributed by atoms with E-state index in [0.29, 0.717) is 5.56 Å². The van der Waals surface area contributed by atoms with E-state index in [1.165, 1.54) is 12.3 Å². The number of pyridine rings is 1. The number of rotatable bonds is 2. The van der Waals surface area contributed by atoms with Crippen LogP contribution in [0.5, 0.6) is 0 Å². The van der Waals surface area contributed by atoms with Gasteiger partial charge in [0, 0.05) is 24.7 Å². The minimum Gasteiger partial charge on any atom is -0.395 e. The zero-order valence-electron chi connectivity index (χ0n) is 7.97. The van der Waals surface area contributed by atoms with E-state index < -0.39 is 5.95 Å². The smallest absolute Gasteiger partial charge is 0.236 e. The van der Waals surface area contributed by atoms with Crippen molar-refractivity contribution in [2.45, 2.75) is 6.42 Å². The Balaban J connectivity index is 2.66. The second-order valence-corrected chi connectivity index (χ2v) is 2.76. The number of nitrogens with zero attached hydrogens (tertiary/aromatic N) is 1. The van der Waals surface area contributed by atoms with E-state index in [-0.39, 0.29) is 5.69 Å². The lowest BCUT2D eigenvalue weighted by molar-refractivity contribution is 0.588. The van der Waals surface area contributed by atoms with Gasteiger partial charge in [0.1, 0.15) is 0 Å². The molecular weight excluding hydrogens is 181 g/mol. The summed E-state index contributed by atoms with van der Waals surface area (Å²) in [6, 6.07) is 1.48. The zero-order chi connectivity index (χ0) is 10.4. The summed E-state index contributed by atoms with van der Waals surface area (Å²) in [7, 11) is 1.86. The lowest BCUT2D eigenvalue weighted by atomic mass is 10.2. The number of halogens is 1. The van der Waals surface area contributed by atoms with Crippen LogP contribution in [0.1, 0.15) is 12.0 Å². The van der Waals surface area contributed by atoms with E-state index in [0.717, 1.165) is 13.0 Å². The van der Waals surface area contributed by atoms with E-state index in [1.807, 2.05) is 7.05 Å². The summed E-state index contributed by atoms with van der Waals surface area (Å²) < 4.78 is 12.6. The molecule has 1 rings (SSSR count). The highest BCUT2D eigenvalue weighted by Gasteiger charge is 1.97. The Morgan fingerprint density at radius 1 is 1.64 bits per heavy atom. The summed E-state index contributed by atoms with van der Waals surface area (Å²) in [6.45, 7) is 0.830. The molecule has 0 amide bonds. The molecule has 0 aromatic carbocycles. The van der Waals surface area contributed by atoms with Crippen LogP contribution in [0.4, 0.5) is 10.1 Å². The number of nitrogens with one attached hydrogen (secondary N) is 1. The number of hydrogen-bond acceptors (Lipinski definition) is 3. The maximum absolute atomic E-state index is 12.6. The Bertz CT molecular complexity index is 365. The predicted octanol–water partition coefficient (Wildman–Crippen LogP) is 0.764. The van der Waals surface area contributed by atoms with Gasteiger partial charge < -0.3 is 11.1 Å². The SMILES string of the molecule is CNCCC#Cc1cnc(F)c(N)c1. The summed E-state index contributed by atoms with van der Waals surface area (Å²) in [5, 5.41) is 2.97. The maximum atomic E-state index is 12.6. The highest BCUT2D eigenvalue weighted by molar-refractivity contribution is 5.44. The van der Waals surface area contributed by atoms with Crippen LogP contribution in [0.25, 0.3) is 0 Å². The van der Waals surface area contributed by atoms with Gasteiger partial charge in [0.05, 0.1) is 5.69 Å². The molecule has 1 aromatic rings. The summed E-state index contributed by atoms with van der Waals surface area (Å²) in [4.78, 5) is 3.47. The van der Waals surface area contributed by atoms with Gasteiger partial charge in [-0.2, -0.15) is 4.39 Å². The molecule has 3 nitrogen and oxygen atoms in total. The van der Waals surface area contributed by atoms with Crippen molar-refractivity contribution in [2.24, 2.45) is 0 Å². The summed E-state index contributed by atoms with van der Waals surface area (Å²) in [5.41, 5.74) is 6.01. The molecule has 0 saturated carbocycles. The van der Waals surface area contributed by atoms with Gasteiger partial charge in [0.2, 0.25) is 5.95 Å². The van der Waals surface area contributed by atoms with Crippen molar-refractivity contribution in [3.8, 4) is 11.8 Å². The third-order valence-electron chi connectivity index (χ3n) is 1.60. The van der Waals surface area contributed by atoms with Crippen LogP contribution in [-0.4, -0.2) is 18.6 Å². The van der Waals surface area contributed by atoms with Crippen LogP contribution < -0.4 is 11.1 Å². The van der Waals surface area contributed by atoms with Crippen LogP contribution in [0.15, 0.2) is 12.3 Å². The topological polar surface area (TPSA) is 50.9 Å². The molecule has 4 heteroatoms. The average molecular weight is 193 g/mol.